The first-order valence-electron chi connectivity index (χ1n) is 5.85. The molecule has 2 aromatic rings. The van der Waals surface area contributed by atoms with E-state index in [9.17, 15) is 14.9 Å². The van der Waals surface area contributed by atoms with Gasteiger partial charge in [0, 0.05) is 17.7 Å². The van der Waals surface area contributed by atoms with E-state index in [0.29, 0.717) is 5.56 Å². The Hall–Kier alpha value is -2.49. The van der Waals surface area contributed by atoms with Crippen molar-refractivity contribution in [3.05, 3.63) is 63.7 Å². The van der Waals surface area contributed by atoms with Crippen molar-refractivity contribution in [1.82, 2.24) is 0 Å². The number of carbonyl (C=O) groups is 1. The number of non-ortho nitro benzene ring substituents is 1. The van der Waals surface area contributed by atoms with Crippen molar-refractivity contribution in [3.8, 4) is 11.1 Å². The van der Waals surface area contributed by atoms with E-state index in [0.717, 1.165) is 16.7 Å². The molecule has 0 bridgehead atoms. The van der Waals surface area contributed by atoms with Crippen molar-refractivity contribution in [2.75, 3.05) is 0 Å². The molecular weight excluding hydrogens is 242 g/mol. The molecule has 0 fully saturated rings. The highest BCUT2D eigenvalue weighted by Crippen LogP contribution is 2.28. The second-order valence-electron chi connectivity index (χ2n) is 4.41. The van der Waals surface area contributed by atoms with Crippen molar-refractivity contribution in [3.63, 3.8) is 0 Å². The van der Waals surface area contributed by atoms with Gasteiger partial charge in [-0.05, 0) is 31.0 Å². The summed E-state index contributed by atoms with van der Waals surface area (Å²) in [5.74, 6) is -0.181. The molecule has 0 saturated carbocycles. The predicted molar refractivity (Wildman–Crippen MR) is 73.3 cm³/mol. The fourth-order valence-corrected chi connectivity index (χ4v) is 1.92. The van der Waals surface area contributed by atoms with Crippen LogP contribution in [0.4, 0.5) is 5.69 Å². The minimum absolute atomic E-state index is 0.0685. The number of rotatable bonds is 3. The first-order valence-corrected chi connectivity index (χ1v) is 5.85. The summed E-state index contributed by atoms with van der Waals surface area (Å²) in [5, 5.41) is 10.8. The molecule has 2 rings (SSSR count). The number of nitro benzene ring substituents is 1. The summed E-state index contributed by atoms with van der Waals surface area (Å²) >= 11 is 0. The van der Waals surface area contributed by atoms with Gasteiger partial charge >= 0.3 is 0 Å². The smallest absolute Gasteiger partial charge is 0.270 e. The molecule has 0 atom stereocenters. The highest BCUT2D eigenvalue weighted by Gasteiger charge is 2.14. The molecule has 0 aromatic heterocycles. The number of hydrogen-bond acceptors (Lipinski definition) is 3. The molecule has 4 heteroatoms. The second-order valence-corrected chi connectivity index (χ2v) is 4.41. The summed E-state index contributed by atoms with van der Waals surface area (Å²) in [4.78, 5) is 21.9. The summed E-state index contributed by atoms with van der Waals surface area (Å²) in [6.45, 7) is 3.39. The first-order chi connectivity index (χ1) is 8.99. The maximum Gasteiger partial charge on any atom is 0.270 e. The van der Waals surface area contributed by atoms with Crippen LogP contribution in [-0.4, -0.2) is 10.7 Å². The van der Waals surface area contributed by atoms with Crippen molar-refractivity contribution in [1.29, 1.82) is 0 Å². The Morgan fingerprint density at radius 1 is 1.11 bits per heavy atom. The van der Waals surface area contributed by atoms with Gasteiger partial charge in [-0.2, -0.15) is 0 Å². The SMILES string of the molecule is CC(=O)c1cc([N+](=O)[O-])ccc1-c1ccc(C)cc1. The third-order valence-electron chi connectivity index (χ3n) is 2.96. The molecule has 0 heterocycles. The molecule has 0 unspecified atom stereocenters. The molecule has 0 amide bonds. The maximum atomic E-state index is 11.7. The van der Waals surface area contributed by atoms with Gasteiger partial charge in [0.05, 0.1) is 4.92 Å². The van der Waals surface area contributed by atoms with Gasteiger partial charge in [0.1, 0.15) is 0 Å². The number of hydrogen-bond donors (Lipinski definition) is 0. The molecule has 4 nitrogen and oxygen atoms in total. The predicted octanol–water partition coefficient (Wildman–Crippen LogP) is 3.77. The van der Waals surface area contributed by atoms with Gasteiger partial charge in [-0.25, -0.2) is 0 Å². The molecule has 0 aliphatic heterocycles. The van der Waals surface area contributed by atoms with E-state index < -0.39 is 4.92 Å². The zero-order valence-corrected chi connectivity index (χ0v) is 10.7. The van der Waals surface area contributed by atoms with E-state index in [1.165, 1.54) is 19.1 Å². The molecule has 0 spiro atoms. The maximum absolute atomic E-state index is 11.7. The van der Waals surface area contributed by atoms with E-state index in [1.54, 1.807) is 6.07 Å². The Morgan fingerprint density at radius 2 is 1.74 bits per heavy atom. The average Bonchev–Trinajstić information content (AvgIpc) is 2.38. The monoisotopic (exact) mass is 255 g/mol. The minimum atomic E-state index is -0.495. The lowest BCUT2D eigenvalue weighted by Crippen LogP contribution is -1.98. The van der Waals surface area contributed by atoms with Crippen LogP contribution < -0.4 is 0 Å². The van der Waals surface area contributed by atoms with Gasteiger partial charge in [0.25, 0.3) is 5.69 Å². The highest BCUT2D eigenvalue weighted by molar-refractivity contribution is 6.01. The quantitative estimate of drug-likeness (QED) is 0.476. The van der Waals surface area contributed by atoms with E-state index in [4.69, 9.17) is 0 Å². The highest BCUT2D eigenvalue weighted by atomic mass is 16.6. The summed E-state index contributed by atoms with van der Waals surface area (Å²) in [6.07, 6.45) is 0. The van der Waals surface area contributed by atoms with E-state index in [-0.39, 0.29) is 11.5 Å². The number of Topliss-reactive ketones (excluding diaryl/α,β-unsaturated/α-hetero) is 1. The van der Waals surface area contributed by atoms with Crippen molar-refractivity contribution in [2.24, 2.45) is 0 Å². The van der Waals surface area contributed by atoms with Crippen LogP contribution >= 0.6 is 0 Å². The number of aryl methyl sites for hydroxylation is 1. The molecule has 96 valence electrons. The van der Waals surface area contributed by atoms with E-state index in [2.05, 4.69) is 0 Å². The molecule has 0 N–H and O–H groups in total. The van der Waals surface area contributed by atoms with Crippen molar-refractivity contribution in [2.45, 2.75) is 13.8 Å². The minimum Gasteiger partial charge on any atom is -0.294 e. The third kappa shape index (κ3) is 2.68. The third-order valence-corrected chi connectivity index (χ3v) is 2.96. The lowest BCUT2D eigenvalue weighted by Gasteiger charge is -2.07. The Labute approximate surface area is 110 Å². The Bertz CT molecular complexity index is 645. The number of nitrogens with zero attached hydrogens (tertiary/aromatic N) is 1. The topological polar surface area (TPSA) is 60.2 Å². The van der Waals surface area contributed by atoms with E-state index >= 15 is 0 Å². The summed E-state index contributed by atoms with van der Waals surface area (Å²) < 4.78 is 0. The molecule has 0 radical (unpaired) electrons. The number of benzene rings is 2. The lowest BCUT2D eigenvalue weighted by molar-refractivity contribution is -0.384. The lowest BCUT2D eigenvalue weighted by atomic mass is 9.96. The number of carbonyl (C=O) groups excluding carboxylic acids is 1. The average molecular weight is 255 g/mol. The van der Waals surface area contributed by atoms with Gasteiger partial charge in [-0.3, -0.25) is 14.9 Å². The van der Waals surface area contributed by atoms with Gasteiger partial charge in [0.2, 0.25) is 0 Å². The Morgan fingerprint density at radius 3 is 2.26 bits per heavy atom. The van der Waals surface area contributed by atoms with Gasteiger partial charge in [-0.15, -0.1) is 0 Å². The molecule has 0 saturated heterocycles. The van der Waals surface area contributed by atoms with Crippen LogP contribution in [0.2, 0.25) is 0 Å². The Balaban J connectivity index is 2.59. The van der Waals surface area contributed by atoms with Crippen LogP contribution in [0.15, 0.2) is 42.5 Å². The van der Waals surface area contributed by atoms with Crippen molar-refractivity contribution >= 4 is 11.5 Å². The van der Waals surface area contributed by atoms with Gasteiger partial charge in [0.15, 0.2) is 5.78 Å². The zero-order chi connectivity index (χ0) is 14.0. The van der Waals surface area contributed by atoms with Crippen LogP contribution in [-0.2, 0) is 0 Å². The van der Waals surface area contributed by atoms with Gasteiger partial charge in [-0.1, -0.05) is 29.8 Å². The van der Waals surface area contributed by atoms with Crippen molar-refractivity contribution < 1.29 is 9.72 Å². The fraction of sp³-hybridized carbons (Fsp3) is 0.133. The van der Waals surface area contributed by atoms with Gasteiger partial charge < -0.3 is 0 Å². The van der Waals surface area contributed by atoms with Crippen LogP contribution in [0.1, 0.15) is 22.8 Å². The van der Waals surface area contributed by atoms with Crippen LogP contribution in [0.3, 0.4) is 0 Å². The largest absolute Gasteiger partial charge is 0.294 e. The molecule has 2 aromatic carbocycles. The summed E-state index contributed by atoms with van der Waals surface area (Å²) in [5.41, 5.74) is 3.03. The summed E-state index contributed by atoms with van der Waals surface area (Å²) in [7, 11) is 0. The van der Waals surface area contributed by atoms with Crippen LogP contribution in [0.5, 0.6) is 0 Å². The zero-order valence-electron chi connectivity index (χ0n) is 10.7. The second kappa shape index (κ2) is 5.02. The normalized spacial score (nSPS) is 10.2. The molecule has 19 heavy (non-hydrogen) atoms. The molecule has 0 aliphatic carbocycles. The standard InChI is InChI=1S/C15H13NO3/c1-10-3-5-12(6-4-10)14-8-7-13(16(18)19)9-15(14)11(2)17/h3-9H,1-2H3. The van der Waals surface area contributed by atoms with Crippen LogP contribution in [0.25, 0.3) is 11.1 Å². The molecule has 0 aliphatic rings. The van der Waals surface area contributed by atoms with E-state index in [1.807, 2.05) is 31.2 Å². The fourth-order valence-electron chi connectivity index (χ4n) is 1.92. The number of ketones is 1. The first kappa shape index (κ1) is 13.0. The number of nitro groups is 1. The molecular formula is C15H13NO3. The summed E-state index contributed by atoms with van der Waals surface area (Å²) in [6, 6.07) is 12.1. The Kier molecular flexibility index (Phi) is 3.42. The van der Waals surface area contributed by atoms with Crippen LogP contribution in [0, 0.1) is 17.0 Å².